The number of carbonyl (C=O) groups is 1. The van der Waals surface area contributed by atoms with E-state index in [1.54, 1.807) is 6.07 Å². The van der Waals surface area contributed by atoms with Crippen molar-refractivity contribution < 1.29 is 13.6 Å². The van der Waals surface area contributed by atoms with Gasteiger partial charge in [0.05, 0.1) is 11.3 Å². The molecule has 1 heterocycles. The lowest BCUT2D eigenvalue weighted by Crippen LogP contribution is -2.06. The first-order chi connectivity index (χ1) is 9.97. The van der Waals surface area contributed by atoms with E-state index in [4.69, 9.17) is 5.73 Å². The summed E-state index contributed by atoms with van der Waals surface area (Å²) in [5.41, 5.74) is 5.26. The minimum absolute atomic E-state index is 0.167. The molecule has 0 saturated carbocycles. The number of aromatic nitrogens is 1. The Kier molecular flexibility index (Phi) is 4.14. The summed E-state index contributed by atoms with van der Waals surface area (Å²) in [5.74, 6) is 3.44. The minimum atomic E-state index is -0.884. The normalized spacial score (nSPS) is 9.67. The molecular weight excluding hydrogens is 276 g/mol. The fraction of sp³-hybridized carbons (Fsp3) is 0.0667. The zero-order valence-corrected chi connectivity index (χ0v) is 11.1. The SMILES string of the molecule is CC(=O)Nc1ccc(C#Cc2c(F)ccc(N)c2F)cn1. The van der Waals surface area contributed by atoms with Crippen LogP contribution in [0.25, 0.3) is 0 Å². The third kappa shape index (κ3) is 3.54. The molecule has 1 aromatic carbocycles. The number of pyridine rings is 1. The highest BCUT2D eigenvalue weighted by Crippen LogP contribution is 2.17. The number of nitrogen functional groups attached to an aromatic ring is 1. The van der Waals surface area contributed by atoms with Crippen molar-refractivity contribution in [3.8, 4) is 11.8 Å². The number of benzene rings is 1. The van der Waals surface area contributed by atoms with Crippen LogP contribution in [0, 0.1) is 23.5 Å². The van der Waals surface area contributed by atoms with Crippen LogP contribution in [-0.4, -0.2) is 10.9 Å². The first-order valence-corrected chi connectivity index (χ1v) is 5.96. The van der Waals surface area contributed by atoms with Crippen molar-refractivity contribution in [3.63, 3.8) is 0 Å². The maximum absolute atomic E-state index is 13.6. The first kappa shape index (κ1) is 14.5. The van der Waals surface area contributed by atoms with Crippen molar-refractivity contribution in [3.05, 3.63) is 53.2 Å². The Hall–Kier alpha value is -2.94. The molecule has 4 nitrogen and oxygen atoms in total. The van der Waals surface area contributed by atoms with Gasteiger partial charge in [-0.3, -0.25) is 4.79 Å². The number of carbonyl (C=O) groups excluding carboxylic acids is 1. The molecule has 0 bridgehead atoms. The van der Waals surface area contributed by atoms with Gasteiger partial charge in [0.15, 0.2) is 5.82 Å². The predicted octanol–water partition coefficient (Wildman–Crippen LogP) is 2.30. The van der Waals surface area contributed by atoms with Crippen molar-refractivity contribution in [2.45, 2.75) is 6.92 Å². The molecule has 0 atom stereocenters. The predicted molar refractivity (Wildman–Crippen MR) is 75.3 cm³/mol. The summed E-state index contributed by atoms with van der Waals surface area (Å²) in [6.45, 7) is 1.36. The number of hydrogen-bond acceptors (Lipinski definition) is 3. The van der Waals surface area contributed by atoms with Crippen LogP contribution < -0.4 is 11.1 Å². The maximum atomic E-state index is 13.6. The summed E-state index contributed by atoms with van der Waals surface area (Å²) in [6.07, 6.45) is 1.39. The molecule has 6 heteroatoms. The lowest BCUT2D eigenvalue weighted by molar-refractivity contribution is -0.114. The second-order valence-corrected chi connectivity index (χ2v) is 4.19. The van der Waals surface area contributed by atoms with Crippen LogP contribution in [0.5, 0.6) is 0 Å². The number of hydrogen-bond donors (Lipinski definition) is 2. The van der Waals surface area contributed by atoms with Crippen LogP contribution in [-0.2, 0) is 4.79 Å². The molecule has 0 saturated heterocycles. The van der Waals surface area contributed by atoms with E-state index in [9.17, 15) is 13.6 Å². The molecular formula is C15H11F2N3O. The van der Waals surface area contributed by atoms with E-state index < -0.39 is 11.6 Å². The molecule has 1 aromatic heterocycles. The highest BCUT2D eigenvalue weighted by atomic mass is 19.1. The van der Waals surface area contributed by atoms with Gasteiger partial charge < -0.3 is 11.1 Å². The molecule has 0 fully saturated rings. The fourth-order valence-electron chi connectivity index (χ4n) is 1.54. The van der Waals surface area contributed by atoms with Crippen LogP contribution in [0.15, 0.2) is 30.5 Å². The van der Waals surface area contributed by atoms with Gasteiger partial charge in [-0.15, -0.1) is 0 Å². The molecule has 106 valence electrons. The lowest BCUT2D eigenvalue weighted by atomic mass is 10.1. The standard InChI is InChI=1S/C15H11F2N3O/c1-9(21)20-14-7-3-10(8-19-14)2-4-11-12(16)5-6-13(18)15(11)17/h3,5-8H,18H2,1H3,(H,19,20,21). The van der Waals surface area contributed by atoms with Crippen LogP contribution in [0.3, 0.4) is 0 Å². The first-order valence-electron chi connectivity index (χ1n) is 5.96. The van der Waals surface area contributed by atoms with Gasteiger partial charge in [-0.1, -0.05) is 11.8 Å². The molecule has 0 aliphatic heterocycles. The molecule has 1 amide bonds. The largest absolute Gasteiger partial charge is 0.396 e. The third-order valence-corrected chi connectivity index (χ3v) is 2.52. The molecule has 0 spiro atoms. The van der Waals surface area contributed by atoms with Gasteiger partial charge in [-0.25, -0.2) is 13.8 Å². The molecule has 0 radical (unpaired) electrons. The Bertz CT molecular complexity index is 746. The fourth-order valence-corrected chi connectivity index (χ4v) is 1.54. The maximum Gasteiger partial charge on any atom is 0.222 e. The highest BCUT2D eigenvalue weighted by molar-refractivity contribution is 5.87. The van der Waals surface area contributed by atoms with Crippen LogP contribution in [0.1, 0.15) is 18.1 Å². The topological polar surface area (TPSA) is 68.0 Å². The van der Waals surface area contributed by atoms with Crippen molar-refractivity contribution in [1.29, 1.82) is 0 Å². The molecule has 3 N–H and O–H groups in total. The van der Waals surface area contributed by atoms with Crippen molar-refractivity contribution in [2.75, 3.05) is 11.1 Å². The van der Waals surface area contributed by atoms with E-state index in [1.165, 1.54) is 19.2 Å². The molecule has 2 rings (SSSR count). The average molecular weight is 287 g/mol. The second kappa shape index (κ2) is 6.01. The molecule has 0 unspecified atom stereocenters. The minimum Gasteiger partial charge on any atom is -0.396 e. The number of nitrogens with one attached hydrogen (secondary N) is 1. The summed E-state index contributed by atoms with van der Waals surface area (Å²) in [5, 5.41) is 2.50. The monoisotopic (exact) mass is 287 g/mol. The van der Waals surface area contributed by atoms with Gasteiger partial charge in [0.25, 0.3) is 0 Å². The smallest absolute Gasteiger partial charge is 0.222 e. The number of anilines is 2. The number of rotatable bonds is 1. The van der Waals surface area contributed by atoms with Crippen LogP contribution >= 0.6 is 0 Å². The van der Waals surface area contributed by atoms with Gasteiger partial charge in [-0.05, 0) is 24.3 Å². The summed E-state index contributed by atoms with van der Waals surface area (Å²) in [7, 11) is 0. The Balaban J connectivity index is 2.27. The number of halogens is 2. The van der Waals surface area contributed by atoms with E-state index in [0.29, 0.717) is 11.4 Å². The lowest BCUT2D eigenvalue weighted by Gasteiger charge is -2.01. The Labute approximate surface area is 120 Å². The quantitative estimate of drug-likeness (QED) is 0.624. The summed E-state index contributed by atoms with van der Waals surface area (Å²) < 4.78 is 27.1. The Morgan fingerprint density at radius 3 is 2.62 bits per heavy atom. The average Bonchev–Trinajstić information content (AvgIpc) is 2.44. The van der Waals surface area contributed by atoms with E-state index in [1.807, 2.05) is 0 Å². The van der Waals surface area contributed by atoms with Gasteiger partial charge in [0.1, 0.15) is 11.6 Å². The van der Waals surface area contributed by atoms with Gasteiger partial charge >= 0.3 is 0 Å². The van der Waals surface area contributed by atoms with E-state index in [0.717, 1.165) is 12.1 Å². The Morgan fingerprint density at radius 2 is 2.00 bits per heavy atom. The zero-order chi connectivity index (χ0) is 15.4. The van der Waals surface area contributed by atoms with Gasteiger partial charge in [0.2, 0.25) is 5.91 Å². The van der Waals surface area contributed by atoms with E-state index in [2.05, 4.69) is 22.1 Å². The van der Waals surface area contributed by atoms with Crippen LogP contribution in [0.2, 0.25) is 0 Å². The number of nitrogens with two attached hydrogens (primary N) is 1. The summed E-state index contributed by atoms with van der Waals surface area (Å²) in [6, 6.07) is 5.31. The molecule has 0 aliphatic carbocycles. The summed E-state index contributed by atoms with van der Waals surface area (Å²) in [4.78, 5) is 14.8. The van der Waals surface area contributed by atoms with E-state index >= 15 is 0 Å². The van der Waals surface area contributed by atoms with Gasteiger partial charge in [-0.2, -0.15) is 0 Å². The van der Waals surface area contributed by atoms with E-state index in [-0.39, 0.29) is 17.2 Å². The molecule has 2 aromatic rings. The molecule has 21 heavy (non-hydrogen) atoms. The third-order valence-electron chi connectivity index (χ3n) is 2.52. The zero-order valence-electron chi connectivity index (χ0n) is 11.1. The van der Waals surface area contributed by atoms with Gasteiger partial charge in [0, 0.05) is 18.7 Å². The highest BCUT2D eigenvalue weighted by Gasteiger charge is 2.09. The summed E-state index contributed by atoms with van der Waals surface area (Å²) >= 11 is 0. The van der Waals surface area contributed by atoms with Crippen molar-refractivity contribution >= 4 is 17.4 Å². The number of amides is 1. The van der Waals surface area contributed by atoms with Crippen LogP contribution in [0.4, 0.5) is 20.3 Å². The van der Waals surface area contributed by atoms with Crippen molar-refractivity contribution in [1.82, 2.24) is 4.98 Å². The second-order valence-electron chi connectivity index (χ2n) is 4.19. The molecule has 0 aliphatic rings. The van der Waals surface area contributed by atoms with Crippen molar-refractivity contribution in [2.24, 2.45) is 0 Å². The number of nitrogens with zero attached hydrogens (tertiary/aromatic N) is 1. The Morgan fingerprint density at radius 1 is 1.24 bits per heavy atom.